The maximum atomic E-state index is 10.9. The molecule has 0 bridgehead atoms. The smallest absolute Gasteiger partial charge is 0.273 e. The zero-order valence-electron chi connectivity index (χ0n) is 10.4. The third-order valence-corrected chi connectivity index (χ3v) is 4.29. The molecule has 2 aromatic rings. The molecule has 0 radical (unpaired) electrons. The van der Waals surface area contributed by atoms with Gasteiger partial charge in [0.15, 0.2) is 0 Å². The second kappa shape index (κ2) is 6.27. The van der Waals surface area contributed by atoms with Gasteiger partial charge in [-0.25, -0.2) is 0 Å². The Bertz CT molecular complexity index is 586. The molecule has 0 saturated heterocycles. The number of nitrogens with zero attached hydrogens (tertiary/aromatic N) is 2. The molecule has 1 aromatic carbocycles. The third kappa shape index (κ3) is 3.86. The van der Waals surface area contributed by atoms with Crippen molar-refractivity contribution in [2.75, 3.05) is 7.05 Å². The lowest BCUT2D eigenvalue weighted by molar-refractivity contribution is -0.385. The van der Waals surface area contributed by atoms with Gasteiger partial charge in [-0.1, -0.05) is 18.2 Å². The summed E-state index contributed by atoms with van der Waals surface area (Å²) in [7, 11) is 1.96. The van der Waals surface area contributed by atoms with Gasteiger partial charge in [-0.2, -0.15) is 0 Å². The predicted octanol–water partition coefficient (Wildman–Crippen LogP) is 4.05. The monoisotopic (exact) mass is 340 g/mol. The van der Waals surface area contributed by atoms with Crippen LogP contribution in [0.15, 0.2) is 40.2 Å². The van der Waals surface area contributed by atoms with Crippen LogP contribution < -0.4 is 0 Å². The van der Waals surface area contributed by atoms with Crippen molar-refractivity contribution in [3.05, 3.63) is 60.7 Å². The zero-order valence-corrected chi connectivity index (χ0v) is 12.8. The summed E-state index contributed by atoms with van der Waals surface area (Å²) in [6.45, 7) is 1.34. The fourth-order valence-electron chi connectivity index (χ4n) is 1.87. The van der Waals surface area contributed by atoms with Crippen molar-refractivity contribution in [1.82, 2.24) is 4.90 Å². The molecule has 1 aromatic heterocycles. The fourth-order valence-corrected chi connectivity index (χ4v) is 3.44. The standard InChI is InChI=1S/C13H13BrN2O2S/c1-15(9-11-6-7-13(14)19-11)8-10-4-2-3-5-12(10)16(17)18/h2-7H,8-9H2,1H3. The lowest BCUT2D eigenvalue weighted by Gasteiger charge is -2.15. The van der Waals surface area contributed by atoms with Crippen LogP contribution in [0.4, 0.5) is 5.69 Å². The van der Waals surface area contributed by atoms with Gasteiger partial charge in [0.1, 0.15) is 0 Å². The van der Waals surface area contributed by atoms with Gasteiger partial charge in [0.2, 0.25) is 0 Å². The summed E-state index contributed by atoms with van der Waals surface area (Å²) < 4.78 is 1.10. The minimum absolute atomic E-state index is 0.182. The molecule has 0 aliphatic heterocycles. The molecule has 0 fully saturated rings. The molecule has 0 spiro atoms. The second-order valence-corrected chi connectivity index (χ2v) is 6.81. The van der Waals surface area contributed by atoms with Crippen LogP contribution in [0.25, 0.3) is 0 Å². The van der Waals surface area contributed by atoms with Crippen molar-refractivity contribution in [3.63, 3.8) is 0 Å². The van der Waals surface area contributed by atoms with Crippen LogP contribution in [-0.2, 0) is 13.1 Å². The van der Waals surface area contributed by atoms with Crippen molar-refractivity contribution in [2.24, 2.45) is 0 Å². The number of nitro groups is 1. The van der Waals surface area contributed by atoms with Crippen LogP contribution in [0.1, 0.15) is 10.4 Å². The van der Waals surface area contributed by atoms with Crippen LogP contribution in [-0.4, -0.2) is 16.9 Å². The van der Waals surface area contributed by atoms with E-state index >= 15 is 0 Å². The maximum absolute atomic E-state index is 10.9. The van der Waals surface area contributed by atoms with E-state index in [1.807, 2.05) is 19.2 Å². The van der Waals surface area contributed by atoms with Crippen LogP contribution in [0.5, 0.6) is 0 Å². The molecule has 4 nitrogen and oxygen atoms in total. The van der Waals surface area contributed by atoms with Gasteiger partial charge in [0, 0.05) is 29.6 Å². The first-order valence-corrected chi connectivity index (χ1v) is 7.32. The molecule has 19 heavy (non-hydrogen) atoms. The molecule has 2 rings (SSSR count). The summed E-state index contributed by atoms with van der Waals surface area (Å²) in [5, 5.41) is 10.9. The van der Waals surface area contributed by atoms with Crippen LogP contribution in [0.2, 0.25) is 0 Å². The van der Waals surface area contributed by atoms with Crippen LogP contribution in [0.3, 0.4) is 0 Å². The maximum Gasteiger partial charge on any atom is 0.273 e. The molecule has 0 aliphatic rings. The molecular weight excluding hydrogens is 328 g/mol. The number of para-hydroxylation sites is 1. The lowest BCUT2D eigenvalue weighted by atomic mass is 10.1. The quantitative estimate of drug-likeness (QED) is 0.609. The van der Waals surface area contributed by atoms with Gasteiger partial charge in [-0.3, -0.25) is 15.0 Å². The Labute approximate surface area is 124 Å². The first-order valence-electron chi connectivity index (χ1n) is 5.71. The van der Waals surface area contributed by atoms with Gasteiger partial charge in [-0.15, -0.1) is 11.3 Å². The number of hydrogen-bond acceptors (Lipinski definition) is 4. The van der Waals surface area contributed by atoms with E-state index in [2.05, 4.69) is 26.9 Å². The normalized spacial score (nSPS) is 10.9. The van der Waals surface area contributed by atoms with Crippen molar-refractivity contribution in [1.29, 1.82) is 0 Å². The molecule has 0 atom stereocenters. The first-order chi connectivity index (χ1) is 9.06. The SMILES string of the molecule is CN(Cc1ccc(Br)s1)Cc1ccccc1[N+](=O)[O-]. The Morgan fingerprint density at radius 1 is 1.26 bits per heavy atom. The summed E-state index contributed by atoms with van der Waals surface area (Å²) in [5.74, 6) is 0. The number of rotatable bonds is 5. The summed E-state index contributed by atoms with van der Waals surface area (Å²) in [6, 6.07) is 10.9. The van der Waals surface area contributed by atoms with E-state index in [0.717, 1.165) is 15.9 Å². The van der Waals surface area contributed by atoms with Gasteiger partial charge in [0.05, 0.1) is 8.71 Å². The summed E-state index contributed by atoms with van der Waals surface area (Å²) >= 11 is 5.11. The average Bonchev–Trinajstić information content (AvgIpc) is 2.75. The Morgan fingerprint density at radius 2 is 2.00 bits per heavy atom. The van der Waals surface area contributed by atoms with E-state index in [-0.39, 0.29) is 10.6 Å². The van der Waals surface area contributed by atoms with Crippen LogP contribution in [0, 0.1) is 10.1 Å². The second-order valence-electron chi connectivity index (χ2n) is 4.26. The summed E-state index contributed by atoms with van der Waals surface area (Å²) in [6.07, 6.45) is 0. The minimum Gasteiger partial charge on any atom is -0.297 e. The van der Waals surface area contributed by atoms with E-state index in [1.165, 1.54) is 4.88 Å². The molecule has 6 heteroatoms. The van der Waals surface area contributed by atoms with E-state index in [0.29, 0.717) is 6.54 Å². The highest BCUT2D eigenvalue weighted by Crippen LogP contribution is 2.24. The molecule has 0 N–H and O–H groups in total. The lowest BCUT2D eigenvalue weighted by Crippen LogP contribution is -2.17. The van der Waals surface area contributed by atoms with E-state index in [4.69, 9.17) is 0 Å². The van der Waals surface area contributed by atoms with Crippen molar-refractivity contribution in [3.8, 4) is 0 Å². The highest BCUT2D eigenvalue weighted by Gasteiger charge is 2.14. The van der Waals surface area contributed by atoms with Crippen molar-refractivity contribution in [2.45, 2.75) is 13.1 Å². The number of nitro benzene ring substituents is 1. The fraction of sp³-hybridized carbons (Fsp3) is 0.231. The average molecular weight is 341 g/mol. The molecule has 100 valence electrons. The predicted molar refractivity (Wildman–Crippen MR) is 80.3 cm³/mol. The van der Waals surface area contributed by atoms with Gasteiger partial charge >= 0.3 is 0 Å². The van der Waals surface area contributed by atoms with E-state index in [1.54, 1.807) is 29.5 Å². The van der Waals surface area contributed by atoms with Gasteiger partial charge in [0.25, 0.3) is 5.69 Å². The Morgan fingerprint density at radius 3 is 2.63 bits per heavy atom. The Balaban J connectivity index is 2.06. The Hall–Kier alpha value is -1.24. The highest BCUT2D eigenvalue weighted by molar-refractivity contribution is 9.11. The number of hydrogen-bond donors (Lipinski definition) is 0. The van der Waals surface area contributed by atoms with E-state index < -0.39 is 0 Å². The first kappa shape index (κ1) is 14.2. The van der Waals surface area contributed by atoms with Gasteiger partial charge in [-0.05, 0) is 35.1 Å². The molecule has 0 amide bonds. The van der Waals surface area contributed by atoms with Gasteiger partial charge < -0.3 is 0 Å². The molecule has 1 heterocycles. The summed E-state index contributed by atoms with van der Waals surface area (Å²) in [4.78, 5) is 13.9. The largest absolute Gasteiger partial charge is 0.297 e. The Kier molecular flexibility index (Phi) is 4.68. The molecule has 0 saturated carbocycles. The highest BCUT2D eigenvalue weighted by atomic mass is 79.9. The van der Waals surface area contributed by atoms with E-state index in [9.17, 15) is 10.1 Å². The molecular formula is C13H13BrN2O2S. The van der Waals surface area contributed by atoms with Crippen LogP contribution >= 0.6 is 27.3 Å². The van der Waals surface area contributed by atoms with Crippen molar-refractivity contribution >= 4 is 33.0 Å². The molecule has 0 aliphatic carbocycles. The zero-order chi connectivity index (χ0) is 13.8. The molecule has 0 unspecified atom stereocenters. The number of benzene rings is 1. The van der Waals surface area contributed by atoms with Crippen molar-refractivity contribution < 1.29 is 4.92 Å². The number of halogens is 1. The summed E-state index contributed by atoms with van der Waals surface area (Å²) in [5.41, 5.74) is 0.923. The number of thiophene rings is 1. The minimum atomic E-state index is -0.328. The topological polar surface area (TPSA) is 46.4 Å². The third-order valence-electron chi connectivity index (χ3n) is 2.68.